The van der Waals surface area contributed by atoms with Crippen LogP contribution in [0.5, 0.6) is 0 Å². The molecule has 0 spiro atoms. The summed E-state index contributed by atoms with van der Waals surface area (Å²) >= 11 is 0. The predicted octanol–water partition coefficient (Wildman–Crippen LogP) is 4.99. The molecule has 186 valence electrons. The van der Waals surface area contributed by atoms with Gasteiger partial charge in [0, 0.05) is 12.3 Å². The number of aliphatic carboxylic acids is 1. The van der Waals surface area contributed by atoms with Gasteiger partial charge in [0.15, 0.2) is 0 Å². The fourth-order valence-electron chi connectivity index (χ4n) is 5.65. The van der Waals surface area contributed by atoms with Crippen LogP contribution in [-0.2, 0) is 14.3 Å². The van der Waals surface area contributed by atoms with Crippen molar-refractivity contribution in [3.8, 4) is 11.1 Å². The van der Waals surface area contributed by atoms with E-state index < -0.39 is 23.1 Å². The second-order valence-corrected chi connectivity index (χ2v) is 9.76. The second kappa shape index (κ2) is 10.1. The van der Waals surface area contributed by atoms with Crippen molar-refractivity contribution in [3.05, 3.63) is 59.7 Å². The Morgan fingerprint density at radius 1 is 0.971 bits per heavy atom. The Balaban J connectivity index is 1.42. The lowest BCUT2D eigenvalue weighted by molar-refractivity contribution is -0.148. The van der Waals surface area contributed by atoms with Gasteiger partial charge in [-0.25, -0.2) is 9.59 Å². The van der Waals surface area contributed by atoms with E-state index in [0.29, 0.717) is 12.8 Å². The zero-order valence-corrected chi connectivity index (χ0v) is 20.4. The van der Waals surface area contributed by atoms with Gasteiger partial charge >= 0.3 is 12.1 Å². The van der Waals surface area contributed by atoms with Gasteiger partial charge in [-0.15, -0.1) is 0 Å². The molecule has 35 heavy (non-hydrogen) atoms. The molecule has 0 aromatic heterocycles. The van der Waals surface area contributed by atoms with Crippen molar-refractivity contribution in [2.45, 2.75) is 75.8 Å². The number of fused-ring (bicyclic) bond motifs is 3. The lowest BCUT2D eigenvalue weighted by atomic mass is 9.89. The molecule has 2 aliphatic rings. The Morgan fingerprint density at radius 3 is 2.03 bits per heavy atom. The van der Waals surface area contributed by atoms with Crippen LogP contribution in [0.3, 0.4) is 0 Å². The molecule has 7 nitrogen and oxygen atoms in total. The maximum absolute atomic E-state index is 12.9. The number of ether oxygens (including phenoxy) is 1. The van der Waals surface area contributed by atoms with Gasteiger partial charge in [-0.05, 0) is 47.9 Å². The number of carbonyl (C=O) groups is 3. The zero-order valence-electron chi connectivity index (χ0n) is 20.4. The molecular weight excluding hydrogens is 444 g/mol. The summed E-state index contributed by atoms with van der Waals surface area (Å²) in [6.45, 7) is 3.70. The van der Waals surface area contributed by atoms with E-state index in [0.717, 1.165) is 35.1 Å². The van der Waals surface area contributed by atoms with E-state index in [-0.39, 0.29) is 37.7 Å². The highest BCUT2D eigenvalue weighted by Crippen LogP contribution is 2.44. The minimum atomic E-state index is -1.29. The van der Waals surface area contributed by atoms with Crippen molar-refractivity contribution in [2.75, 3.05) is 6.61 Å². The molecule has 4 rings (SSSR count). The highest BCUT2D eigenvalue weighted by molar-refractivity contribution is 5.88. The van der Waals surface area contributed by atoms with Crippen LogP contribution in [0.15, 0.2) is 48.5 Å². The summed E-state index contributed by atoms with van der Waals surface area (Å²) in [6, 6.07) is 16.3. The Hall–Kier alpha value is -3.35. The molecule has 0 atom stereocenters. The molecule has 0 heterocycles. The van der Waals surface area contributed by atoms with Crippen LogP contribution in [-0.4, -0.2) is 40.8 Å². The first-order chi connectivity index (χ1) is 16.8. The molecule has 1 fully saturated rings. The number of amides is 2. The van der Waals surface area contributed by atoms with Crippen molar-refractivity contribution in [2.24, 2.45) is 0 Å². The Kier molecular flexibility index (Phi) is 7.15. The number of benzene rings is 2. The van der Waals surface area contributed by atoms with Crippen LogP contribution in [0.25, 0.3) is 11.1 Å². The number of hydrogen-bond acceptors (Lipinski definition) is 4. The van der Waals surface area contributed by atoms with Gasteiger partial charge in [-0.2, -0.15) is 0 Å². The van der Waals surface area contributed by atoms with Gasteiger partial charge in [0.2, 0.25) is 5.91 Å². The van der Waals surface area contributed by atoms with E-state index in [2.05, 4.69) is 34.9 Å². The van der Waals surface area contributed by atoms with Crippen molar-refractivity contribution < 1.29 is 24.2 Å². The minimum absolute atomic E-state index is 0.0340. The number of nitrogens with one attached hydrogen (secondary N) is 2. The van der Waals surface area contributed by atoms with Crippen molar-refractivity contribution >= 4 is 18.0 Å². The van der Waals surface area contributed by atoms with Crippen LogP contribution in [0.4, 0.5) is 4.79 Å². The SMILES string of the molecule is CCC(CC)(NC(=O)CC1(NC(=O)OCC2c3ccccc3-c3ccccc32)CCCC1)C(=O)O. The van der Waals surface area contributed by atoms with E-state index in [1.165, 1.54) is 0 Å². The Bertz CT molecular complexity index is 1060. The lowest BCUT2D eigenvalue weighted by Crippen LogP contribution is -2.57. The van der Waals surface area contributed by atoms with E-state index in [1.807, 2.05) is 24.3 Å². The maximum Gasteiger partial charge on any atom is 0.407 e. The molecule has 2 aliphatic carbocycles. The van der Waals surface area contributed by atoms with Gasteiger partial charge < -0.3 is 20.5 Å². The Labute approximate surface area is 206 Å². The van der Waals surface area contributed by atoms with Gasteiger partial charge in [0.05, 0.1) is 5.54 Å². The molecule has 0 bridgehead atoms. The smallest absolute Gasteiger partial charge is 0.407 e. The third-order valence-corrected chi connectivity index (χ3v) is 7.77. The quantitative estimate of drug-likeness (QED) is 0.471. The monoisotopic (exact) mass is 478 g/mol. The fourth-order valence-corrected chi connectivity index (χ4v) is 5.65. The third kappa shape index (κ3) is 4.90. The molecule has 0 aliphatic heterocycles. The fraction of sp³-hybridized carbons (Fsp3) is 0.464. The number of rotatable bonds is 9. The number of carboxylic acid groups (broad SMARTS) is 1. The van der Waals surface area contributed by atoms with Crippen LogP contribution < -0.4 is 10.6 Å². The summed E-state index contributed by atoms with van der Waals surface area (Å²) in [5.41, 5.74) is 2.59. The van der Waals surface area contributed by atoms with Crippen LogP contribution in [0, 0.1) is 0 Å². The van der Waals surface area contributed by atoms with Gasteiger partial charge in [0.1, 0.15) is 12.1 Å². The number of alkyl carbamates (subject to hydrolysis) is 1. The average molecular weight is 479 g/mol. The molecular formula is C28H34N2O5. The predicted molar refractivity (Wildman–Crippen MR) is 133 cm³/mol. The summed E-state index contributed by atoms with van der Waals surface area (Å²) in [5.74, 6) is -1.45. The standard InChI is InChI=1S/C28H34N2O5/c1-3-28(4-2,25(32)33)29-24(31)17-27(15-9-10-16-27)30-26(34)35-18-23-21-13-7-5-11-19(21)20-12-6-8-14-22(20)23/h5-8,11-14,23H,3-4,9-10,15-18H2,1-2H3,(H,29,31)(H,30,34)(H,32,33). The first-order valence-corrected chi connectivity index (χ1v) is 12.5. The normalized spacial score (nSPS) is 16.3. The van der Waals surface area contributed by atoms with E-state index in [1.54, 1.807) is 13.8 Å². The second-order valence-electron chi connectivity index (χ2n) is 9.76. The highest BCUT2D eigenvalue weighted by atomic mass is 16.5. The third-order valence-electron chi connectivity index (χ3n) is 7.77. The van der Waals surface area contributed by atoms with Crippen LogP contribution in [0.1, 0.15) is 75.8 Å². The van der Waals surface area contributed by atoms with Crippen LogP contribution >= 0.6 is 0 Å². The van der Waals surface area contributed by atoms with E-state index >= 15 is 0 Å². The summed E-state index contributed by atoms with van der Waals surface area (Å²) in [5, 5.41) is 15.4. The Morgan fingerprint density at radius 2 is 1.51 bits per heavy atom. The summed E-state index contributed by atoms with van der Waals surface area (Å²) < 4.78 is 5.71. The topological polar surface area (TPSA) is 105 Å². The average Bonchev–Trinajstić information content (AvgIpc) is 3.43. The maximum atomic E-state index is 12.9. The van der Waals surface area contributed by atoms with Gasteiger partial charge in [0.25, 0.3) is 0 Å². The van der Waals surface area contributed by atoms with Crippen LogP contribution in [0.2, 0.25) is 0 Å². The molecule has 2 aromatic rings. The van der Waals surface area contributed by atoms with Gasteiger partial charge in [-0.3, -0.25) is 4.79 Å². The molecule has 1 saturated carbocycles. The summed E-state index contributed by atoms with van der Waals surface area (Å²) in [4.78, 5) is 37.6. The molecule has 0 saturated heterocycles. The van der Waals surface area contributed by atoms with E-state index in [9.17, 15) is 19.5 Å². The first kappa shape index (κ1) is 24.8. The van der Waals surface area contributed by atoms with Crippen molar-refractivity contribution in [1.82, 2.24) is 10.6 Å². The first-order valence-electron chi connectivity index (χ1n) is 12.5. The molecule has 0 radical (unpaired) electrons. The molecule has 2 amide bonds. The highest BCUT2D eigenvalue weighted by Gasteiger charge is 2.42. The lowest BCUT2D eigenvalue weighted by Gasteiger charge is -2.33. The molecule has 7 heteroatoms. The number of carboxylic acids is 1. The summed E-state index contributed by atoms with van der Waals surface area (Å²) in [6.07, 6.45) is 3.16. The molecule has 3 N–H and O–H groups in total. The van der Waals surface area contributed by atoms with Gasteiger partial charge in [-0.1, -0.05) is 75.2 Å². The largest absolute Gasteiger partial charge is 0.480 e. The van der Waals surface area contributed by atoms with Crippen molar-refractivity contribution in [3.63, 3.8) is 0 Å². The zero-order chi connectivity index (χ0) is 25.1. The van der Waals surface area contributed by atoms with E-state index in [4.69, 9.17) is 4.74 Å². The number of hydrogen-bond donors (Lipinski definition) is 3. The molecule has 2 aromatic carbocycles. The number of carbonyl (C=O) groups excluding carboxylic acids is 2. The van der Waals surface area contributed by atoms with Crippen molar-refractivity contribution in [1.29, 1.82) is 0 Å². The molecule has 0 unspecified atom stereocenters. The summed E-state index contributed by atoms with van der Waals surface area (Å²) in [7, 11) is 0. The minimum Gasteiger partial charge on any atom is -0.480 e.